The molecular weight excluding hydrogens is 545 g/mol. The van der Waals surface area contributed by atoms with Crippen molar-refractivity contribution in [3.8, 4) is 11.3 Å². The van der Waals surface area contributed by atoms with Crippen molar-refractivity contribution in [2.75, 3.05) is 38.1 Å². The first-order valence-corrected chi connectivity index (χ1v) is 16.8. The van der Waals surface area contributed by atoms with Crippen LogP contribution in [0.2, 0.25) is 19.5 Å². The fourth-order valence-electron chi connectivity index (χ4n) is 7.33. The minimum absolute atomic E-state index is 0. The van der Waals surface area contributed by atoms with Crippen LogP contribution in [0.1, 0.15) is 80.0 Å². The van der Waals surface area contributed by atoms with Gasteiger partial charge in [-0.25, -0.2) is 6.42 Å². The second kappa shape index (κ2) is 14.6. The predicted octanol–water partition coefficient (Wildman–Crippen LogP) is 5.00. The van der Waals surface area contributed by atoms with Crippen LogP contribution in [-0.4, -0.2) is 62.2 Å². The van der Waals surface area contributed by atoms with Crippen LogP contribution in [0.15, 0.2) is 30.5 Å². The van der Waals surface area contributed by atoms with Gasteiger partial charge in [-0.2, -0.15) is 0 Å². The maximum Gasteiger partial charge on any atom is 1.00 e. The summed E-state index contributed by atoms with van der Waals surface area (Å²) in [5.41, 5.74) is 10.3. The molecule has 0 saturated carbocycles. The fraction of sp³-hybridized carbons (Fsp3) is 0.622. The predicted molar refractivity (Wildman–Crippen MR) is 192 cm³/mol. The van der Waals surface area contributed by atoms with E-state index in [-0.39, 0.29) is 35.0 Å². The standard InChI is InChI=1S/C36H54BN4.CH3B.Na/c1-11-31-29(21-27(23-38-31)40-18-16-39(10)17-19-40)33-30(22-34(4,5)12-2)28-20-26(14-15-32(28)41(33)13-3)37-24-35(6,7)36(8,9)25-37;1-2;/h11,14-15,20-21,23H,12-13,16-19,22,24-25H2,1-10H3;1H3;/q-1;;+1. The average Bonchev–Trinajstić information content (AvgIpc) is 3.41. The van der Waals surface area contributed by atoms with Gasteiger partial charge in [0, 0.05) is 55.5 Å². The number of fused-ring (bicyclic) bond motifs is 1. The molecule has 5 rings (SSSR count). The van der Waals surface area contributed by atoms with E-state index in [0.717, 1.165) is 51.3 Å². The van der Waals surface area contributed by atoms with Gasteiger partial charge in [-0.1, -0.05) is 97.6 Å². The molecule has 232 valence electrons. The van der Waals surface area contributed by atoms with Gasteiger partial charge >= 0.3 is 29.6 Å². The molecule has 2 aromatic heterocycles. The Bertz CT molecular complexity index is 1390. The summed E-state index contributed by atoms with van der Waals surface area (Å²) in [6.45, 7) is 28.9. The van der Waals surface area contributed by atoms with Crippen molar-refractivity contribution >= 4 is 36.6 Å². The average molecular weight is 603 g/mol. The van der Waals surface area contributed by atoms with Crippen LogP contribution in [0.4, 0.5) is 5.69 Å². The second-order valence-corrected chi connectivity index (χ2v) is 15.1. The van der Waals surface area contributed by atoms with E-state index in [1.54, 1.807) is 0 Å². The van der Waals surface area contributed by atoms with Gasteiger partial charge in [0.05, 0.1) is 7.85 Å². The Morgan fingerprint density at radius 2 is 1.59 bits per heavy atom. The second-order valence-electron chi connectivity index (χ2n) is 15.1. The summed E-state index contributed by atoms with van der Waals surface area (Å²) in [6.07, 6.45) is 9.03. The number of benzene rings is 1. The molecule has 0 amide bonds. The molecule has 4 nitrogen and oxygen atoms in total. The molecule has 0 atom stereocenters. The Hall–Kier alpha value is -1.33. The van der Waals surface area contributed by atoms with E-state index in [9.17, 15) is 0 Å². The van der Waals surface area contributed by atoms with Crippen molar-refractivity contribution in [3.63, 3.8) is 0 Å². The fourth-order valence-corrected chi connectivity index (χ4v) is 7.33. The van der Waals surface area contributed by atoms with E-state index < -0.39 is 0 Å². The molecule has 0 bridgehead atoms. The quantitative estimate of drug-likeness (QED) is 0.268. The Kier molecular flexibility index (Phi) is 12.3. The molecule has 2 saturated heterocycles. The molecule has 44 heavy (non-hydrogen) atoms. The van der Waals surface area contributed by atoms with Crippen LogP contribution < -0.4 is 39.9 Å². The molecular formula is C37H57B2N4Na. The number of pyridine rings is 1. The molecule has 0 aliphatic carbocycles. The summed E-state index contributed by atoms with van der Waals surface area (Å²) in [7, 11) is 6.72. The molecule has 2 fully saturated rings. The topological polar surface area (TPSA) is 24.3 Å². The third kappa shape index (κ3) is 7.29. The smallest absolute Gasteiger partial charge is 0.369 e. The monoisotopic (exact) mass is 602 g/mol. The van der Waals surface area contributed by atoms with Gasteiger partial charge in [0.25, 0.3) is 0 Å². The number of aromatic nitrogens is 2. The van der Waals surface area contributed by atoms with Gasteiger partial charge in [0.15, 0.2) is 6.71 Å². The van der Waals surface area contributed by atoms with Crippen LogP contribution in [0, 0.1) is 22.7 Å². The van der Waals surface area contributed by atoms with E-state index in [1.165, 1.54) is 58.3 Å². The van der Waals surface area contributed by atoms with Crippen molar-refractivity contribution in [1.82, 2.24) is 14.5 Å². The molecule has 3 aromatic rings. The van der Waals surface area contributed by atoms with E-state index in [0.29, 0.717) is 17.5 Å². The van der Waals surface area contributed by atoms with Crippen LogP contribution in [-0.2, 0) is 13.0 Å². The maximum absolute atomic E-state index is 5.06. The number of likely N-dealkylation sites (N-methyl/N-ethyl adjacent to an activating group) is 1. The Labute approximate surface area is 293 Å². The maximum atomic E-state index is 5.06. The van der Waals surface area contributed by atoms with Gasteiger partial charge in [-0.15, -0.1) is 18.6 Å². The Morgan fingerprint density at radius 3 is 2.14 bits per heavy atom. The summed E-state index contributed by atoms with van der Waals surface area (Å²) in [6, 6.07) is 9.91. The molecule has 2 aliphatic rings. The number of hydrogen-bond acceptors (Lipinski definition) is 3. The van der Waals surface area contributed by atoms with Gasteiger partial charge in [0.2, 0.25) is 0 Å². The zero-order valence-electron chi connectivity index (χ0n) is 30.3. The van der Waals surface area contributed by atoms with Crippen molar-refractivity contribution in [3.05, 3.63) is 48.1 Å². The third-order valence-electron chi connectivity index (χ3n) is 11.2. The molecule has 2 radical (unpaired) electrons. The summed E-state index contributed by atoms with van der Waals surface area (Å²) < 4.78 is 2.58. The normalized spacial score (nSPS) is 18.2. The van der Waals surface area contributed by atoms with Crippen molar-refractivity contribution in [2.24, 2.45) is 16.2 Å². The van der Waals surface area contributed by atoms with E-state index in [4.69, 9.17) is 4.98 Å². The van der Waals surface area contributed by atoms with Crippen LogP contribution in [0.3, 0.4) is 0 Å². The molecule has 1 aromatic carbocycles. The van der Waals surface area contributed by atoms with Crippen molar-refractivity contribution in [2.45, 2.75) is 101 Å². The van der Waals surface area contributed by atoms with Crippen LogP contribution >= 0.6 is 0 Å². The number of nitrogens with zero attached hydrogens (tertiary/aromatic N) is 4. The van der Waals surface area contributed by atoms with Crippen molar-refractivity contribution < 1.29 is 29.6 Å². The number of aryl methyl sites for hydroxylation is 1. The number of anilines is 1. The molecule has 0 unspecified atom stereocenters. The minimum Gasteiger partial charge on any atom is -0.369 e. The summed E-state index contributed by atoms with van der Waals surface area (Å²) in [5.74, 6) is 0. The first-order valence-electron chi connectivity index (χ1n) is 16.8. The number of hydrogen-bond donors (Lipinski definition) is 0. The van der Waals surface area contributed by atoms with Crippen LogP contribution in [0.25, 0.3) is 22.2 Å². The van der Waals surface area contributed by atoms with E-state index in [2.05, 4.69) is 128 Å². The third-order valence-corrected chi connectivity index (χ3v) is 11.2. The van der Waals surface area contributed by atoms with Gasteiger partial charge in [-0.05, 0) is 54.0 Å². The largest absolute Gasteiger partial charge is 1.00 e. The Morgan fingerprint density at radius 1 is 0.977 bits per heavy atom. The number of piperazine rings is 1. The first-order chi connectivity index (χ1) is 20.3. The number of rotatable bonds is 8. The summed E-state index contributed by atoms with van der Waals surface area (Å²) >= 11 is 0. The minimum atomic E-state index is 0. The molecule has 7 heteroatoms. The molecule has 0 N–H and O–H groups in total. The molecule has 2 aliphatic heterocycles. The zero-order chi connectivity index (χ0) is 31.7. The van der Waals surface area contributed by atoms with Crippen LogP contribution in [0.5, 0.6) is 0 Å². The summed E-state index contributed by atoms with van der Waals surface area (Å²) in [4.78, 5) is 10.00. The molecule has 0 spiro atoms. The van der Waals surface area contributed by atoms with Gasteiger partial charge in [0.1, 0.15) is 0 Å². The van der Waals surface area contributed by atoms with Crippen molar-refractivity contribution in [1.29, 1.82) is 0 Å². The van der Waals surface area contributed by atoms with Gasteiger partial charge < -0.3 is 14.4 Å². The zero-order valence-corrected chi connectivity index (χ0v) is 32.3. The SMILES string of the molecule is C[CH-]c1ncc(N2CCN(C)CC2)cc1-c1c(CC(C)(C)CC)c2cc(B3CC(C)(C)C(C)(C)C3)ccc2n1CC.[B]C.[Na+]. The summed E-state index contributed by atoms with van der Waals surface area (Å²) in [5, 5.41) is 1.45. The molecule has 4 heterocycles. The van der Waals surface area contributed by atoms with E-state index in [1.807, 2.05) is 0 Å². The van der Waals surface area contributed by atoms with Gasteiger partial charge in [-0.3, -0.25) is 4.98 Å². The Balaban J connectivity index is 0.00000173. The first kappa shape index (κ1) is 37.1. The van der Waals surface area contributed by atoms with E-state index >= 15 is 0 Å².